The highest BCUT2D eigenvalue weighted by molar-refractivity contribution is 5.68. The third kappa shape index (κ3) is 5.36. The summed E-state index contributed by atoms with van der Waals surface area (Å²) in [7, 11) is 0. The van der Waals surface area contributed by atoms with E-state index in [0.29, 0.717) is 0 Å². The zero-order valence-corrected chi connectivity index (χ0v) is 10.0. The third-order valence-corrected chi connectivity index (χ3v) is 2.65. The fraction of sp³-hybridized carbons (Fsp3) is 0.462. The zero-order valence-electron chi connectivity index (χ0n) is 10.0. The van der Waals surface area contributed by atoms with E-state index in [4.69, 9.17) is 5.11 Å². The van der Waals surface area contributed by atoms with Gasteiger partial charge in [-0.05, 0) is 31.4 Å². The van der Waals surface area contributed by atoms with Gasteiger partial charge in [-0.25, -0.2) is 0 Å². The Labute approximate surface area is 102 Å². The van der Waals surface area contributed by atoms with Crippen molar-refractivity contribution in [3.05, 3.63) is 30.3 Å². The number of nitrogens with two attached hydrogens (primary N) is 1. The fourth-order valence-electron chi connectivity index (χ4n) is 1.79. The summed E-state index contributed by atoms with van der Waals surface area (Å²) >= 11 is 0. The Kier molecular flexibility index (Phi) is 6.10. The molecule has 0 aliphatic carbocycles. The molecule has 4 heteroatoms. The van der Waals surface area contributed by atoms with Crippen molar-refractivity contribution < 1.29 is 9.90 Å². The molecule has 94 valence electrons. The van der Waals surface area contributed by atoms with Crippen LogP contribution in [0.4, 0.5) is 5.69 Å². The van der Waals surface area contributed by atoms with E-state index in [1.165, 1.54) is 38.0 Å². The number of carbonyl (C=O) groups is 1. The molecule has 0 unspecified atom stereocenters. The minimum atomic E-state index is -0.968. The van der Waals surface area contributed by atoms with Gasteiger partial charge in [-0.3, -0.25) is 4.79 Å². The van der Waals surface area contributed by atoms with E-state index >= 15 is 0 Å². The van der Waals surface area contributed by atoms with Gasteiger partial charge in [0.25, 0.3) is 0 Å². The molecule has 1 heterocycles. The van der Waals surface area contributed by atoms with Gasteiger partial charge in [-0.1, -0.05) is 18.2 Å². The highest BCUT2D eigenvalue weighted by Gasteiger charge is 2.09. The standard InChI is InChI=1S/C11H15N.C2H5NO2/c1-3-7-11(8-4-1)12-9-5-2-6-10-12;3-1-2(4)5/h1,3-4,7-8H,2,5-6,9-10H2;1,3H2,(H,4,5). The molecule has 0 aromatic heterocycles. The van der Waals surface area contributed by atoms with Crippen molar-refractivity contribution in [2.45, 2.75) is 19.3 Å². The van der Waals surface area contributed by atoms with E-state index in [9.17, 15) is 4.79 Å². The molecule has 1 aromatic carbocycles. The monoisotopic (exact) mass is 236 g/mol. The molecule has 1 aliphatic rings. The first-order valence-electron chi connectivity index (χ1n) is 5.96. The maximum Gasteiger partial charge on any atom is 0.317 e. The number of hydrogen-bond donors (Lipinski definition) is 2. The molecule has 0 saturated carbocycles. The Bertz CT molecular complexity index is 321. The molecule has 2 rings (SSSR count). The summed E-state index contributed by atoms with van der Waals surface area (Å²) in [5.74, 6) is -0.968. The molecule has 0 radical (unpaired) electrons. The van der Waals surface area contributed by atoms with Crippen LogP contribution in [0, 0.1) is 0 Å². The van der Waals surface area contributed by atoms with Crippen LogP contribution in [0.25, 0.3) is 0 Å². The minimum absolute atomic E-state index is 0.278. The molecule has 0 bridgehead atoms. The van der Waals surface area contributed by atoms with Crippen LogP contribution < -0.4 is 10.6 Å². The Balaban J connectivity index is 0.000000249. The van der Waals surface area contributed by atoms with Gasteiger partial charge in [0.2, 0.25) is 0 Å². The van der Waals surface area contributed by atoms with Crippen molar-refractivity contribution in [1.29, 1.82) is 0 Å². The second kappa shape index (κ2) is 7.68. The SMILES string of the molecule is NCC(=O)O.c1ccc(N2CCCCC2)cc1. The number of para-hydroxylation sites is 1. The van der Waals surface area contributed by atoms with Crippen molar-refractivity contribution in [1.82, 2.24) is 0 Å². The number of carboxylic acids is 1. The molecule has 4 nitrogen and oxygen atoms in total. The van der Waals surface area contributed by atoms with Crippen LogP contribution in [0.3, 0.4) is 0 Å². The van der Waals surface area contributed by atoms with Gasteiger partial charge in [0.05, 0.1) is 6.54 Å². The number of anilines is 1. The Morgan fingerprint density at radius 3 is 2.18 bits per heavy atom. The number of benzene rings is 1. The number of hydrogen-bond acceptors (Lipinski definition) is 3. The van der Waals surface area contributed by atoms with E-state index < -0.39 is 5.97 Å². The normalized spacial score (nSPS) is 14.8. The van der Waals surface area contributed by atoms with Gasteiger partial charge < -0.3 is 15.7 Å². The molecular formula is C13H20N2O2. The van der Waals surface area contributed by atoms with Crippen LogP contribution in [-0.4, -0.2) is 30.7 Å². The molecular weight excluding hydrogens is 216 g/mol. The van der Waals surface area contributed by atoms with Crippen LogP contribution in [0.15, 0.2) is 30.3 Å². The van der Waals surface area contributed by atoms with Crippen LogP contribution in [0.5, 0.6) is 0 Å². The lowest BCUT2D eigenvalue weighted by Crippen LogP contribution is -2.29. The van der Waals surface area contributed by atoms with Gasteiger partial charge in [0, 0.05) is 18.8 Å². The number of rotatable bonds is 2. The maximum absolute atomic E-state index is 9.24. The van der Waals surface area contributed by atoms with E-state index in [-0.39, 0.29) is 6.54 Å². The summed E-state index contributed by atoms with van der Waals surface area (Å²) < 4.78 is 0. The molecule has 0 amide bonds. The van der Waals surface area contributed by atoms with Crippen LogP contribution >= 0.6 is 0 Å². The first kappa shape index (κ1) is 13.5. The number of nitrogens with zero attached hydrogens (tertiary/aromatic N) is 1. The molecule has 1 aliphatic heterocycles. The second-order valence-corrected chi connectivity index (χ2v) is 3.98. The molecule has 1 aromatic rings. The maximum atomic E-state index is 9.24. The summed E-state index contributed by atoms with van der Waals surface area (Å²) in [6.07, 6.45) is 4.12. The summed E-state index contributed by atoms with van der Waals surface area (Å²) in [5, 5.41) is 7.60. The minimum Gasteiger partial charge on any atom is -0.480 e. The van der Waals surface area contributed by atoms with Crippen molar-refractivity contribution in [2.75, 3.05) is 24.5 Å². The average Bonchev–Trinajstić information content (AvgIpc) is 2.41. The second-order valence-electron chi connectivity index (χ2n) is 3.98. The molecule has 0 spiro atoms. The Hall–Kier alpha value is -1.55. The van der Waals surface area contributed by atoms with Gasteiger partial charge >= 0.3 is 5.97 Å². The third-order valence-electron chi connectivity index (χ3n) is 2.65. The highest BCUT2D eigenvalue weighted by Crippen LogP contribution is 2.18. The predicted molar refractivity (Wildman–Crippen MR) is 69.2 cm³/mol. The highest BCUT2D eigenvalue weighted by atomic mass is 16.4. The van der Waals surface area contributed by atoms with E-state index in [1.54, 1.807) is 0 Å². The predicted octanol–water partition coefficient (Wildman–Crippen LogP) is 1.71. The van der Waals surface area contributed by atoms with Crippen LogP contribution in [0.2, 0.25) is 0 Å². The smallest absolute Gasteiger partial charge is 0.317 e. The molecule has 1 saturated heterocycles. The summed E-state index contributed by atoms with van der Waals surface area (Å²) in [6, 6.07) is 10.7. The largest absolute Gasteiger partial charge is 0.480 e. The first-order chi connectivity index (χ1) is 8.24. The Morgan fingerprint density at radius 2 is 1.71 bits per heavy atom. The molecule has 3 N–H and O–H groups in total. The molecule has 17 heavy (non-hydrogen) atoms. The van der Waals surface area contributed by atoms with Crippen LogP contribution in [-0.2, 0) is 4.79 Å². The van der Waals surface area contributed by atoms with Crippen molar-refractivity contribution in [2.24, 2.45) is 5.73 Å². The fourth-order valence-corrected chi connectivity index (χ4v) is 1.79. The number of piperidine rings is 1. The summed E-state index contributed by atoms with van der Waals surface area (Å²) in [4.78, 5) is 11.7. The molecule has 1 fully saturated rings. The lowest BCUT2D eigenvalue weighted by Gasteiger charge is -2.28. The van der Waals surface area contributed by atoms with Crippen molar-refractivity contribution in [3.63, 3.8) is 0 Å². The topological polar surface area (TPSA) is 66.6 Å². The van der Waals surface area contributed by atoms with Crippen LogP contribution in [0.1, 0.15) is 19.3 Å². The van der Waals surface area contributed by atoms with Gasteiger partial charge in [-0.15, -0.1) is 0 Å². The first-order valence-corrected chi connectivity index (χ1v) is 5.96. The quantitative estimate of drug-likeness (QED) is 0.820. The van der Waals surface area contributed by atoms with E-state index in [2.05, 4.69) is 41.0 Å². The van der Waals surface area contributed by atoms with E-state index in [1.807, 2.05) is 0 Å². The summed E-state index contributed by atoms with van der Waals surface area (Å²) in [6.45, 7) is 2.20. The van der Waals surface area contributed by atoms with Gasteiger partial charge in [0.15, 0.2) is 0 Å². The van der Waals surface area contributed by atoms with Gasteiger partial charge in [-0.2, -0.15) is 0 Å². The number of carboxylic acid groups (broad SMARTS) is 1. The average molecular weight is 236 g/mol. The molecule has 0 atom stereocenters. The van der Waals surface area contributed by atoms with Gasteiger partial charge in [0.1, 0.15) is 0 Å². The lowest BCUT2D eigenvalue weighted by molar-refractivity contribution is -0.135. The van der Waals surface area contributed by atoms with Crippen molar-refractivity contribution >= 4 is 11.7 Å². The van der Waals surface area contributed by atoms with Crippen molar-refractivity contribution in [3.8, 4) is 0 Å². The number of aliphatic carboxylic acids is 1. The zero-order chi connectivity index (χ0) is 12.5. The van der Waals surface area contributed by atoms with E-state index in [0.717, 1.165) is 0 Å². The summed E-state index contributed by atoms with van der Waals surface area (Å²) in [5.41, 5.74) is 5.96. The lowest BCUT2D eigenvalue weighted by atomic mass is 10.1. The Morgan fingerprint density at radius 1 is 1.18 bits per heavy atom.